The third-order valence-corrected chi connectivity index (χ3v) is 4.48. The minimum Gasteiger partial charge on any atom is -0.452 e. The molecule has 1 amide bonds. The molecule has 3 rings (SSSR count). The Kier molecular flexibility index (Phi) is 4.70. The number of carbonyl (C=O) groups excluding carboxylic acids is 2. The van der Waals surface area contributed by atoms with Crippen molar-refractivity contribution in [1.82, 2.24) is 9.78 Å². The number of aromatic nitrogens is 2. The van der Waals surface area contributed by atoms with Crippen molar-refractivity contribution in [1.29, 1.82) is 0 Å². The van der Waals surface area contributed by atoms with Gasteiger partial charge in [-0.15, -0.1) is 0 Å². The van der Waals surface area contributed by atoms with Crippen molar-refractivity contribution >= 4 is 23.6 Å². The molecule has 0 saturated carbocycles. The molecule has 0 radical (unpaired) electrons. The second-order valence-electron chi connectivity index (χ2n) is 6.07. The molecule has 0 spiro atoms. The SMILES string of the molecule is Cc1nn(C)c(C)c1C=CC(=O)OCC(=O)N1CCc2ccccc21. The third kappa shape index (κ3) is 3.47. The summed E-state index contributed by atoms with van der Waals surface area (Å²) in [6.07, 6.45) is 3.84. The van der Waals surface area contributed by atoms with Crippen LogP contribution in [-0.4, -0.2) is 34.8 Å². The second-order valence-corrected chi connectivity index (χ2v) is 6.07. The Hall–Kier alpha value is -2.89. The van der Waals surface area contributed by atoms with Gasteiger partial charge in [-0.3, -0.25) is 9.48 Å². The number of anilines is 1. The van der Waals surface area contributed by atoms with Crippen LogP contribution in [-0.2, 0) is 27.8 Å². The average molecular weight is 339 g/mol. The second kappa shape index (κ2) is 6.93. The van der Waals surface area contributed by atoms with Gasteiger partial charge in [-0.05, 0) is 38.0 Å². The largest absolute Gasteiger partial charge is 0.452 e. The monoisotopic (exact) mass is 339 g/mol. The maximum absolute atomic E-state index is 12.3. The smallest absolute Gasteiger partial charge is 0.331 e. The molecule has 6 heteroatoms. The van der Waals surface area contributed by atoms with Crippen molar-refractivity contribution < 1.29 is 14.3 Å². The van der Waals surface area contributed by atoms with E-state index in [1.165, 1.54) is 6.08 Å². The molecule has 2 heterocycles. The lowest BCUT2D eigenvalue weighted by Crippen LogP contribution is -2.33. The fourth-order valence-corrected chi connectivity index (χ4v) is 3.04. The summed E-state index contributed by atoms with van der Waals surface area (Å²) < 4.78 is 6.85. The molecule has 0 bridgehead atoms. The summed E-state index contributed by atoms with van der Waals surface area (Å²) in [5.41, 5.74) is 4.74. The van der Waals surface area contributed by atoms with Crippen molar-refractivity contribution in [2.75, 3.05) is 18.1 Å². The lowest BCUT2D eigenvalue weighted by atomic mass is 10.2. The molecule has 1 aromatic carbocycles. The van der Waals surface area contributed by atoms with Crippen LogP contribution in [0, 0.1) is 13.8 Å². The first-order chi connectivity index (χ1) is 12.0. The topological polar surface area (TPSA) is 64.4 Å². The van der Waals surface area contributed by atoms with Crippen LogP contribution in [0.25, 0.3) is 6.08 Å². The summed E-state index contributed by atoms with van der Waals surface area (Å²) in [6, 6.07) is 7.78. The minimum absolute atomic E-state index is 0.208. The van der Waals surface area contributed by atoms with Crippen LogP contribution in [0.5, 0.6) is 0 Å². The highest BCUT2D eigenvalue weighted by atomic mass is 16.5. The summed E-state index contributed by atoms with van der Waals surface area (Å²) in [5, 5.41) is 4.29. The Morgan fingerprint density at radius 1 is 1.28 bits per heavy atom. The Morgan fingerprint density at radius 2 is 2.04 bits per heavy atom. The van der Waals surface area contributed by atoms with E-state index in [0.29, 0.717) is 6.54 Å². The van der Waals surface area contributed by atoms with Crippen molar-refractivity contribution in [3.05, 3.63) is 52.9 Å². The molecule has 1 aliphatic heterocycles. The molecule has 0 atom stereocenters. The highest BCUT2D eigenvalue weighted by Gasteiger charge is 2.24. The van der Waals surface area contributed by atoms with Gasteiger partial charge >= 0.3 is 5.97 Å². The quantitative estimate of drug-likeness (QED) is 0.633. The molecule has 0 fully saturated rings. The summed E-state index contributed by atoms with van der Waals surface area (Å²) in [6.45, 7) is 4.17. The van der Waals surface area contributed by atoms with Gasteiger partial charge in [-0.1, -0.05) is 18.2 Å². The van der Waals surface area contributed by atoms with E-state index in [1.54, 1.807) is 15.7 Å². The molecule has 0 aliphatic carbocycles. The predicted molar refractivity (Wildman–Crippen MR) is 95.2 cm³/mol. The summed E-state index contributed by atoms with van der Waals surface area (Å²) in [5.74, 6) is -0.746. The molecule has 0 N–H and O–H groups in total. The van der Waals surface area contributed by atoms with Crippen LogP contribution < -0.4 is 4.90 Å². The maximum atomic E-state index is 12.3. The number of para-hydroxylation sites is 1. The van der Waals surface area contributed by atoms with Crippen LogP contribution in [0.15, 0.2) is 30.3 Å². The fourth-order valence-electron chi connectivity index (χ4n) is 3.04. The molecule has 25 heavy (non-hydrogen) atoms. The van der Waals surface area contributed by atoms with E-state index in [2.05, 4.69) is 5.10 Å². The highest BCUT2D eigenvalue weighted by molar-refractivity contribution is 5.98. The van der Waals surface area contributed by atoms with Gasteiger partial charge in [0.25, 0.3) is 5.91 Å². The van der Waals surface area contributed by atoms with E-state index in [9.17, 15) is 9.59 Å². The zero-order valence-electron chi connectivity index (χ0n) is 14.7. The Balaban J connectivity index is 1.58. The lowest BCUT2D eigenvalue weighted by molar-refractivity contribution is -0.142. The van der Waals surface area contributed by atoms with Gasteiger partial charge in [0.05, 0.1) is 5.69 Å². The number of fused-ring (bicyclic) bond motifs is 1. The highest BCUT2D eigenvalue weighted by Crippen LogP contribution is 2.27. The molecular formula is C19H21N3O3. The van der Waals surface area contributed by atoms with Crippen molar-refractivity contribution in [2.24, 2.45) is 7.05 Å². The minimum atomic E-state index is -0.538. The number of aryl methyl sites for hydroxylation is 2. The first kappa shape index (κ1) is 17.0. The van der Waals surface area contributed by atoms with Gasteiger partial charge in [0.1, 0.15) is 0 Å². The van der Waals surface area contributed by atoms with E-state index >= 15 is 0 Å². The first-order valence-corrected chi connectivity index (χ1v) is 8.20. The number of amides is 1. The number of nitrogens with zero attached hydrogens (tertiary/aromatic N) is 3. The van der Waals surface area contributed by atoms with E-state index in [0.717, 1.165) is 34.6 Å². The number of hydrogen-bond donors (Lipinski definition) is 0. The molecule has 1 aromatic heterocycles. The molecule has 0 saturated heterocycles. The number of ether oxygens (including phenoxy) is 1. The normalized spacial score (nSPS) is 13.3. The summed E-state index contributed by atoms with van der Waals surface area (Å²) >= 11 is 0. The van der Waals surface area contributed by atoms with Crippen molar-refractivity contribution in [2.45, 2.75) is 20.3 Å². The van der Waals surface area contributed by atoms with Gasteiger partial charge in [0.2, 0.25) is 0 Å². The molecule has 1 aliphatic rings. The fraction of sp³-hybridized carbons (Fsp3) is 0.316. The van der Waals surface area contributed by atoms with Crippen LogP contribution in [0.3, 0.4) is 0 Å². The maximum Gasteiger partial charge on any atom is 0.331 e. The standard InChI is InChI=1S/C19H21N3O3/c1-13-16(14(2)21(3)20-13)8-9-19(24)25-12-18(23)22-11-10-15-6-4-5-7-17(15)22/h4-9H,10-12H2,1-3H3. The zero-order chi connectivity index (χ0) is 18.0. The van der Waals surface area contributed by atoms with Gasteiger partial charge in [-0.25, -0.2) is 4.79 Å². The van der Waals surface area contributed by atoms with Crippen molar-refractivity contribution in [3.63, 3.8) is 0 Å². The molecule has 6 nitrogen and oxygen atoms in total. The van der Waals surface area contributed by atoms with Gasteiger partial charge in [0, 0.05) is 36.6 Å². The van der Waals surface area contributed by atoms with E-state index in [-0.39, 0.29) is 12.5 Å². The van der Waals surface area contributed by atoms with Crippen LogP contribution in [0.1, 0.15) is 22.5 Å². The number of rotatable bonds is 4. The first-order valence-electron chi connectivity index (χ1n) is 8.20. The summed E-state index contributed by atoms with van der Waals surface area (Å²) in [7, 11) is 1.85. The van der Waals surface area contributed by atoms with Crippen LogP contribution in [0.2, 0.25) is 0 Å². The average Bonchev–Trinajstić information content (AvgIpc) is 3.13. The summed E-state index contributed by atoms with van der Waals surface area (Å²) in [4.78, 5) is 25.9. The Labute approximate surface area is 146 Å². The number of benzene rings is 1. The number of hydrogen-bond acceptors (Lipinski definition) is 4. The Morgan fingerprint density at radius 3 is 2.76 bits per heavy atom. The molecular weight excluding hydrogens is 318 g/mol. The van der Waals surface area contributed by atoms with Crippen molar-refractivity contribution in [3.8, 4) is 0 Å². The van der Waals surface area contributed by atoms with Gasteiger partial charge < -0.3 is 9.64 Å². The number of carbonyl (C=O) groups is 2. The molecule has 0 unspecified atom stereocenters. The third-order valence-electron chi connectivity index (χ3n) is 4.48. The molecule has 2 aromatic rings. The zero-order valence-corrected chi connectivity index (χ0v) is 14.7. The van der Waals surface area contributed by atoms with Crippen LogP contribution >= 0.6 is 0 Å². The van der Waals surface area contributed by atoms with Crippen LogP contribution in [0.4, 0.5) is 5.69 Å². The van der Waals surface area contributed by atoms with E-state index in [4.69, 9.17) is 4.74 Å². The Bertz CT molecular complexity index is 852. The van der Waals surface area contributed by atoms with E-state index < -0.39 is 5.97 Å². The number of esters is 1. The predicted octanol–water partition coefficient (Wildman–Crippen LogP) is 2.18. The lowest BCUT2D eigenvalue weighted by Gasteiger charge is -2.16. The van der Waals surface area contributed by atoms with Gasteiger partial charge in [-0.2, -0.15) is 5.10 Å². The van der Waals surface area contributed by atoms with Gasteiger partial charge in [0.15, 0.2) is 6.61 Å². The molecule has 130 valence electrons. The van der Waals surface area contributed by atoms with E-state index in [1.807, 2.05) is 45.2 Å².